The molecule has 12 nitrogen and oxygen atoms in total. The number of aromatic amines is 2. The van der Waals surface area contributed by atoms with E-state index < -0.39 is 12.1 Å². The molecule has 5 heterocycles. The SMILES string of the molecule is COC(=O)N[C@H](C(=O)N1CCC[C@H]1c1nc2c(ccc3cc(C#Cc4ccc(-c5cnc([C@@H]6CCCN6C(=O)Cc6ccccc6)[nH]5)cc4)ccc32)[nH]1)C1CCOCC1. The molecule has 59 heavy (non-hydrogen) atoms. The van der Waals surface area contributed by atoms with E-state index in [0.717, 1.165) is 93.6 Å². The summed E-state index contributed by atoms with van der Waals surface area (Å²) in [7, 11) is 1.31. The topological polar surface area (TPSA) is 146 Å². The van der Waals surface area contributed by atoms with Crippen molar-refractivity contribution in [1.82, 2.24) is 35.1 Å². The monoisotopic (exact) mass is 789 g/mol. The molecule has 3 aliphatic heterocycles. The highest BCUT2D eigenvalue weighted by molar-refractivity contribution is 6.04. The minimum absolute atomic E-state index is 0.0255. The van der Waals surface area contributed by atoms with Crippen LogP contribution in [0.2, 0.25) is 0 Å². The standard InChI is InChI=1S/C47H47N7O5/c1-58-47(57)52-42(34-21-25-59-26-22-34)46(56)54-24-6-10-40(54)45-49-37-20-18-35-27-32(15-19-36(35)43(37)51-45)12-11-30-13-16-33(17-14-30)38-29-48-44(50-38)39-9-5-23-53(39)41(55)28-31-7-3-2-4-8-31/h2-4,7-8,13-20,27,29,34,39-40,42H,5-6,9-10,21-26,28H2,1H3,(H,48,50)(H,49,51)(H,52,57)/t39-,40-,42-/m0/s1. The summed E-state index contributed by atoms with van der Waals surface area (Å²) < 4.78 is 10.4. The highest BCUT2D eigenvalue weighted by Gasteiger charge is 2.40. The van der Waals surface area contributed by atoms with Crippen LogP contribution in [-0.2, 0) is 25.5 Å². The van der Waals surface area contributed by atoms with Gasteiger partial charge in [-0.25, -0.2) is 14.8 Å². The van der Waals surface area contributed by atoms with Crippen LogP contribution in [-0.4, -0.2) is 87.1 Å². The summed E-state index contributed by atoms with van der Waals surface area (Å²) in [5.74, 6) is 8.21. The Kier molecular flexibility index (Phi) is 10.8. The molecule has 9 rings (SSSR count). The number of fused-ring (bicyclic) bond motifs is 3. The highest BCUT2D eigenvalue weighted by Crippen LogP contribution is 2.36. The van der Waals surface area contributed by atoms with Crippen LogP contribution in [0.5, 0.6) is 0 Å². The summed E-state index contributed by atoms with van der Waals surface area (Å²) in [4.78, 5) is 60.1. The normalized spacial score (nSPS) is 18.8. The van der Waals surface area contributed by atoms with E-state index in [1.165, 1.54) is 7.11 Å². The number of hydrogen-bond donors (Lipinski definition) is 3. The lowest BCUT2D eigenvalue weighted by Gasteiger charge is -2.34. The average molecular weight is 790 g/mol. The number of hydrogen-bond acceptors (Lipinski definition) is 7. The van der Waals surface area contributed by atoms with Gasteiger partial charge in [-0.3, -0.25) is 9.59 Å². The Morgan fingerprint density at radius 3 is 2.36 bits per heavy atom. The van der Waals surface area contributed by atoms with Crippen LogP contribution in [0.1, 0.15) is 78.9 Å². The molecule has 0 radical (unpaired) electrons. The summed E-state index contributed by atoms with van der Waals surface area (Å²) in [6, 6.07) is 27.3. The summed E-state index contributed by atoms with van der Waals surface area (Å²) >= 11 is 0. The van der Waals surface area contributed by atoms with Gasteiger partial charge in [0.15, 0.2) is 0 Å². The second kappa shape index (κ2) is 16.8. The first-order chi connectivity index (χ1) is 28.9. The van der Waals surface area contributed by atoms with Gasteiger partial charge in [-0.05, 0) is 91.3 Å². The van der Waals surface area contributed by atoms with Crippen molar-refractivity contribution in [1.29, 1.82) is 0 Å². The van der Waals surface area contributed by atoms with Gasteiger partial charge in [0.1, 0.15) is 17.7 Å². The fraction of sp³-hybridized carbons (Fsp3) is 0.340. The predicted molar refractivity (Wildman–Crippen MR) is 224 cm³/mol. The molecule has 4 aromatic carbocycles. The Morgan fingerprint density at radius 2 is 1.58 bits per heavy atom. The molecule has 3 amide bonds. The second-order valence-electron chi connectivity index (χ2n) is 15.7. The third-order valence-electron chi connectivity index (χ3n) is 12.0. The van der Waals surface area contributed by atoms with E-state index >= 15 is 0 Å². The van der Waals surface area contributed by atoms with Gasteiger partial charge >= 0.3 is 6.09 Å². The number of likely N-dealkylation sites (tertiary alicyclic amines) is 2. The molecule has 3 fully saturated rings. The van der Waals surface area contributed by atoms with Crippen LogP contribution in [0.3, 0.4) is 0 Å². The summed E-state index contributed by atoms with van der Waals surface area (Å²) in [6.07, 6.45) is 6.51. The number of amides is 3. The Bertz CT molecular complexity index is 2550. The molecule has 0 bridgehead atoms. The maximum atomic E-state index is 14.1. The first-order valence-corrected chi connectivity index (χ1v) is 20.6. The van der Waals surface area contributed by atoms with E-state index in [4.69, 9.17) is 19.4 Å². The van der Waals surface area contributed by atoms with Gasteiger partial charge in [-0.15, -0.1) is 0 Å². The number of alkyl carbamates (subject to hydrolysis) is 1. The van der Waals surface area contributed by atoms with Crippen LogP contribution in [0.4, 0.5) is 4.79 Å². The van der Waals surface area contributed by atoms with Crippen LogP contribution < -0.4 is 5.32 Å². The minimum Gasteiger partial charge on any atom is -0.453 e. The number of carbonyl (C=O) groups is 3. The number of ether oxygens (including phenoxy) is 2. The molecular formula is C47H47N7O5. The third-order valence-corrected chi connectivity index (χ3v) is 12.0. The Balaban J connectivity index is 0.878. The summed E-state index contributed by atoms with van der Waals surface area (Å²) in [6.45, 7) is 2.46. The molecule has 3 N–H and O–H groups in total. The zero-order valence-electron chi connectivity index (χ0n) is 33.1. The fourth-order valence-corrected chi connectivity index (χ4v) is 8.92. The van der Waals surface area contributed by atoms with Crippen molar-refractivity contribution < 1.29 is 23.9 Å². The maximum Gasteiger partial charge on any atom is 0.407 e. The number of rotatable bonds is 8. The van der Waals surface area contributed by atoms with Crippen LogP contribution in [0.25, 0.3) is 33.1 Å². The van der Waals surface area contributed by atoms with Crippen LogP contribution in [0, 0.1) is 17.8 Å². The molecule has 6 aromatic rings. The molecule has 3 atom stereocenters. The van der Waals surface area contributed by atoms with E-state index in [1.807, 2.05) is 82.7 Å². The molecule has 3 aliphatic rings. The largest absolute Gasteiger partial charge is 0.453 e. The lowest BCUT2D eigenvalue weighted by molar-refractivity contribution is -0.137. The van der Waals surface area contributed by atoms with Gasteiger partial charge < -0.3 is 34.6 Å². The van der Waals surface area contributed by atoms with Crippen LogP contribution in [0.15, 0.2) is 91.1 Å². The van der Waals surface area contributed by atoms with Gasteiger partial charge in [0.2, 0.25) is 11.8 Å². The van der Waals surface area contributed by atoms with E-state index in [0.29, 0.717) is 39.0 Å². The number of carbonyl (C=O) groups excluding carboxylic acids is 3. The fourth-order valence-electron chi connectivity index (χ4n) is 8.92. The van der Waals surface area contributed by atoms with E-state index in [-0.39, 0.29) is 29.8 Å². The molecular weight excluding hydrogens is 743 g/mol. The second-order valence-corrected chi connectivity index (χ2v) is 15.7. The summed E-state index contributed by atoms with van der Waals surface area (Å²) in [5, 5.41) is 4.85. The number of aromatic nitrogens is 4. The smallest absolute Gasteiger partial charge is 0.407 e. The Labute approximate surface area is 342 Å². The quantitative estimate of drug-likeness (QED) is 0.138. The van der Waals surface area contributed by atoms with Crippen molar-refractivity contribution in [2.45, 2.75) is 63.1 Å². The lowest BCUT2D eigenvalue weighted by Crippen LogP contribution is -2.53. The van der Waals surface area contributed by atoms with Crippen molar-refractivity contribution in [3.05, 3.63) is 119 Å². The van der Waals surface area contributed by atoms with Gasteiger partial charge in [0.05, 0.1) is 48.5 Å². The minimum atomic E-state index is -0.683. The number of nitrogens with zero attached hydrogens (tertiary/aromatic N) is 4. The van der Waals surface area contributed by atoms with Crippen molar-refractivity contribution in [2.75, 3.05) is 33.4 Å². The van der Waals surface area contributed by atoms with E-state index in [1.54, 1.807) is 0 Å². The summed E-state index contributed by atoms with van der Waals surface area (Å²) in [5.41, 5.74) is 6.47. The predicted octanol–water partition coefficient (Wildman–Crippen LogP) is 7.23. The number of benzene rings is 4. The number of imidazole rings is 2. The lowest BCUT2D eigenvalue weighted by atomic mass is 9.90. The third kappa shape index (κ3) is 8.03. The van der Waals surface area contributed by atoms with Gasteiger partial charge in [-0.1, -0.05) is 66.4 Å². The maximum absolute atomic E-state index is 14.1. The van der Waals surface area contributed by atoms with Crippen LogP contribution >= 0.6 is 0 Å². The zero-order valence-corrected chi connectivity index (χ0v) is 33.1. The first-order valence-electron chi connectivity index (χ1n) is 20.6. The van der Waals surface area contributed by atoms with E-state index in [2.05, 4.69) is 45.3 Å². The molecule has 0 saturated carbocycles. The zero-order chi connectivity index (χ0) is 40.3. The van der Waals surface area contributed by atoms with Gasteiger partial charge in [-0.2, -0.15) is 0 Å². The number of H-pyrrole nitrogens is 2. The number of methoxy groups -OCH3 is 1. The average Bonchev–Trinajstić information content (AvgIpc) is 4.12. The van der Waals surface area contributed by atoms with Gasteiger partial charge in [0, 0.05) is 42.8 Å². The first kappa shape index (κ1) is 38.1. The van der Waals surface area contributed by atoms with Crippen molar-refractivity contribution in [2.24, 2.45) is 5.92 Å². The highest BCUT2D eigenvalue weighted by atomic mass is 16.5. The molecule has 300 valence electrons. The molecule has 3 saturated heterocycles. The van der Waals surface area contributed by atoms with E-state index in [9.17, 15) is 14.4 Å². The van der Waals surface area contributed by atoms with Gasteiger partial charge in [0.25, 0.3) is 0 Å². The molecule has 0 unspecified atom stereocenters. The molecule has 0 spiro atoms. The number of nitrogens with one attached hydrogen (secondary N) is 3. The molecule has 0 aliphatic carbocycles. The van der Waals surface area contributed by atoms with Crippen molar-refractivity contribution in [3.8, 4) is 23.1 Å². The van der Waals surface area contributed by atoms with Crippen molar-refractivity contribution in [3.63, 3.8) is 0 Å². The van der Waals surface area contributed by atoms with Crippen molar-refractivity contribution >= 4 is 39.7 Å². The molecule has 12 heteroatoms. The Hall–Kier alpha value is -6.45. The Morgan fingerprint density at radius 1 is 0.847 bits per heavy atom. The molecule has 2 aromatic heterocycles.